The summed E-state index contributed by atoms with van der Waals surface area (Å²) in [5.41, 5.74) is 1.07. The average molecular weight is 599 g/mol. The predicted octanol–water partition coefficient (Wildman–Crippen LogP) is 5.44. The second kappa shape index (κ2) is 10.2. The zero-order chi connectivity index (χ0) is 31.6. The Hall–Kier alpha value is -3.74. The van der Waals surface area contributed by atoms with E-state index in [9.17, 15) is 14.4 Å². The Bertz CT molecular complexity index is 1600. The zero-order valence-corrected chi connectivity index (χ0v) is 26.7. The molecule has 2 amide bonds. The smallest absolute Gasteiger partial charge is 0.424 e. The van der Waals surface area contributed by atoms with Crippen LogP contribution in [0.3, 0.4) is 0 Å². The van der Waals surface area contributed by atoms with E-state index in [0.29, 0.717) is 33.2 Å². The van der Waals surface area contributed by atoms with Crippen LogP contribution >= 0.6 is 11.8 Å². The van der Waals surface area contributed by atoms with Gasteiger partial charge in [0.1, 0.15) is 10.8 Å². The van der Waals surface area contributed by atoms with Crippen molar-refractivity contribution in [1.29, 1.82) is 0 Å². The number of nitrogens with zero attached hydrogens (tertiary/aromatic N) is 5. The van der Waals surface area contributed by atoms with Gasteiger partial charge in [-0.3, -0.25) is 9.78 Å². The van der Waals surface area contributed by atoms with Gasteiger partial charge in [-0.15, -0.1) is 0 Å². The third kappa shape index (κ3) is 4.87. The van der Waals surface area contributed by atoms with Gasteiger partial charge in [0.05, 0.1) is 40.6 Å². The van der Waals surface area contributed by atoms with Crippen LogP contribution in [0.1, 0.15) is 77.9 Å². The standard InChI is InChI=1S/C29H38N6O6S/c1-14-12-30-16(15(2)18(14)40-11)13-35-20-17-19(34-35)28(9,10)22(36)29(26(3,4)5,27(6,7)8)42-21(17)32-23(31-20)41-25(39)33-24(37)38/h12H,13H2,1-11H3,(H,33,39)(H,37,38). The lowest BCUT2D eigenvalue weighted by atomic mass is 9.59. The molecule has 0 fully saturated rings. The Morgan fingerprint density at radius 2 is 1.71 bits per heavy atom. The van der Waals surface area contributed by atoms with Gasteiger partial charge in [-0.05, 0) is 38.5 Å². The molecule has 0 atom stereocenters. The van der Waals surface area contributed by atoms with Crippen molar-refractivity contribution in [3.8, 4) is 11.8 Å². The van der Waals surface area contributed by atoms with E-state index in [0.717, 1.165) is 11.1 Å². The van der Waals surface area contributed by atoms with E-state index in [2.05, 4.69) is 15.0 Å². The molecule has 1 aliphatic heterocycles. The van der Waals surface area contributed by atoms with Crippen LogP contribution in [0.2, 0.25) is 0 Å². The molecular weight excluding hydrogens is 560 g/mol. The van der Waals surface area contributed by atoms with Crippen molar-refractivity contribution in [3.63, 3.8) is 0 Å². The molecule has 42 heavy (non-hydrogen) atoms. The summed E-state index contributed by atoms with van der Waals surface area (Å²) in [5.74, 6) is 0.690. The maximum atomic E-state index is 14.8. The third-order valence-corrected chi connectivity index (χ3v) is 10.0. The Labute approximate surface area is 249 Å². The van der Waals surface area contributed by atoms with E-state index >= 15 is 0 Å². The van der Waals surface area contributed by atoms with Gasteiger partial charge in [0.2, 0.25) is 0 Å². The number of amides is 2. The first-order valence-corrected chi connectivity index (χ1v) is 14.3. The average Bonchev–Trinajstić information content (AvgIpc) is 3.17. The van der Waals surface area contributed by atoms with E-state index in [-0.39, 0.29) is 18.3 Å². The van der Waals surface area contributed by atoms with E-state index in [4.69, 9.17) is 19.7 Å². The molecule has 1 aliphatic rings. The van der Waals surface area contributed by atoms with E-state index in [1.165, 1.54) is 11.8 Å². The number of pyridine rings is 1. The highest BCUT2D eigenvalue weighted by atomic mass is 32.2. The molecule has 12 nitrogen and oxygen atoms in total. The number of thioether (sulfide) groups is 1. The largest absolute Gasteiger partial charge is 0.496 e. The Morgan fingerprint density at radius 1 is 1.10 bits per heavy atom. The molecule has 0 aliphatic carbocycles. The number of hydrogen-bond acceptors (Lipinski definition) is 10. The molecule has 3 aromatic heterocycles. The predicted molar refractivity (Wildman–Crippen MR) is 157 cm³/mol. The van der Waals surface area contributed by atoms with Crippen LogP contribution in [0.4, 0.5) is 9.59 Å². The summed E-state index contributed by atoms with van der Waals surface area (Å²) in [4.78, 5) is 51.8. The number of methoxy groups -OCH3 is 1. The lowest BCUT2D eigenvalue weighted by Gasteiger charge is -2.53. The van der Waals surface area contributed by atoms with E-state index in [1.807, 2.05) is 69.2 Å². The SMILES string of the molecule is COc1c(C)cnc(Cn2nc3c4c(nc(OC(=O)NC(=O)O)nc42)SC(C(C)(C)C)(C(C)(C)C)C(=O)C3(C)C)c1C. The number of carboxylic acid groups (broad SMARTS) is 1. The monoisotopic (exact) mass is 598 g/mol. The number of carbonyl (C=O) groups excluding carboxylic acids is 2. The summed E-state index contributed by atoms with van der Waals surface area (Å²) >= 11 is 1.31. The molecule has 13 heteroatoms. The van der Waals surface area contributed by atoms with Gasteiger partial charge in [-0.2, -0.15) is 15.1 Å². The van der Waals surface area contributed by atoms with Crippen molar-refractivity contribution in [2.45, 2.75) is 91.0 Å². The fourth-order valence-corrected chi connectivity index (χ4v) is 7.77. The van der Waals surface area contributed by atoms with Gasteiger partial charge in [-0.25, -0.2) is 19.6 Å². The highest BCUT2D eigenvalue weighted by Gasteiger charge is 2.63. The van der Waals surface area contributed by atoms with Gasteiger partial charge in [-0.1, -0.05) is 53.3 Å². The molecule has 0 saturated heterocycles. The summed E-state index contributed by atoms with van der Waals surface area (Å²) in [6.07, 6.45) is -1.12. The first kappa shape index (κ1) is 31.2. The fourth-order valence-electron chi connectivity index (χ4n) is 6.11. The van der Waals surface area contributed by atoms with Crippen LogP contribution in [0, 0.1) is 24.7 Å². The van der Waals surface area contributed by atoms with Crippen molar-refractivity contribution >= 4 is 40.8 Å². The second-order valence-corrected chi connectivity index (χ2v) is 14.3. The van der Waals surface area contributed by atoms with Crippen molar-refractivity contribution < 1.29 is 29.0 Å². The maximum absolute atomic E-state index is 14.8. The molecule has 2 N–H and O–H groups in total. The molecule has 3 aromatic rings. The Morgan fingerprint density at radius 3 is 2.26 bits per heavy atom. The minimum absolute atomic E-state index is 0.0121. The fraction of sp³-hybridized carbons (Fsp3) is 0.552. The number of ketones is 1. The second-order valence-electron chi connectivity index (χ2n) is 13.1. The number of ether oxygens (including phenoxy) is 2. The molecular formula is C29H38N6O6S. The number of aromatic nitrogens is 5. The number of nitrogens with one attached hydrogen (secondary N) is 1. The van der Waals surface area contributed by atoms with Crippen LogP contribution in [0.15, 0.2) is 11.2 Å². The summed E-state index contributed by atoms with van der Waals surface area (Å²) in [7, 11) is 1.60. The number of rotatable bonds is 4. The lowest BCUT2D eigenvalue weighted by molar-refractivity contribution is -0.132. The highest BCUT2D eigenvalue weighted by Crippen LogP contribution is 2.61. The first-order valence-electron chi connectivity index (χ1n) is 13.5. The topological polar surface area (TPSA) is 158 Å². The Kier molecular flexibility index (Phi) is 7.59. The van der Waals surface area contributed by atoms with Gasteiger partial charge in [0, 0.05) is 17.3 Å². The molecule has 226 valence electrons. The van der Waals surface area contributed by atoms with Crippen molar-refractivity contribution in [2.75, 3.05) is 7.11 Å². The molecule has 0 aromatic carbocycles. The van der Waals surface area contributed by atoms with Gasteiger partial charge in [0.25, 0.3) is 0 Å². The molecule has 0 saturated carbocycles. The van der Waals surface area contributed by atoms with Crippen LogP contribution < -0.4 is 14.8 Å². The zero-order valence-electron chi connectivity index (χ0n) is 25.9. The number of imide groups is 1. The summed E-state index contributed by atoms with van der Waals surface area (Å²) in [6.45, 7) is 19.9. The lowest BCUT2D eigenvalue weighted by Crippen LogP contribution is -2.60. The van der Waals surface area contributed by atoms with Crippen LogP contribution in [0.5, 0.6) is 11.8 Å². The molecule has 4 rings (SSSR count). The number of aryl methyl sites for hydroxylation is 1. The van der Waals surface area contributed by atoms with Crippen molar-refractivity contribution in [3.05, 3.63) is 28.7 Å². The highest BCUT2D eigenvalue weighted by molar-refractivity contribution is 8.01. The van der Waals surface area contributed by atoms with Crippen molar-refractivity contribution in [1.82, 2.24) is 30.0 Å². The molecule has 0 radical (unpaired) electrons. The molecule has 4 heterocycles. The van der Waals surface area contributed by atoms with Crippen molar-refractivity contribution in [2.24, 2.45) is 10.8 Å². The molecule has 0 spiro atoms. The van der Waals surface area contributed by atoms with E-state index in [1.54, 1.807) is 23.3 Å². The van der Waals surface area contributed by atoms with Crippen LogP contribution in [-0.2, 0) is 16.8 Å². The maximum Gasteiger partial charge on any atom is 0.424 e. The van der Waals surface area contributed by atoms with Gasteiger partial charge < -0.3 is 14.6 Å². The summed E-state index contributed by atoms with van der Waals surface area (Å²) in [5, 5.41) is 16.6. The van der Waals surface area contributed by atoms with Gasteiger partial charge in [0.15, 0.2) is 11.4 Å². The van der Waals surface area contributed by atoms with E-state index < -0.39 is 33.2 Å². The normalized spacial score (nSPS) is 16.2. The number of Topliss-reactive ketones (excluding diaryl/α,β-unsaturated/α-hetero) is 1. The molecule has 0 unspecified atom stereocenters. The quantitative estimate of drug-likeness (QED) is 0.368. The first-order chi connectivity index (χ1) is 19.3. The third-order valence-electron chi connectivity index (χ3n) is 7.82. The number of hydrogen-bond donors (Lipinski definition) is 2. The molecule has 0 bridgehead atoms. The minimum atomic E-state index is -1.58. The number of carbonyl (C=O) groups is 3. The van der Waals surface area contributed by atoms with Crippen LogP contribution in [-0.4, -0.2) is 59.7 Å². The van der Waals surface area contributed by atoms with Crippen LogP contribution in [0.25, 0.3) is 11.0 Å². The minimum Gasteiger partial charge on any atom is -0.496 e. The summed E-state index contributed by atoms with van der Waals surface area (Å²) in [6, 6.07) is -0.369. The Balaban J connectivity index is 2.05. The van der Waals surface area contributed by atoms with Gasteiger partial charge >= 0.3 is 18.2 Å². The summed E-state index contributed by atoms with van der Waals surface area (Å²) < 4.78 is 11.4.